The van der Waals surface area contributed by atoms with Gasteiger partial charge in [0.15, 0.2) is 6.10 Å². The molecule has 0 saturated heterocycles. The maximum Gasteiger partial charge on any atom is 0.306 e. The number of carbonyl (C=O) groups is 3. The topological polar surface area (TPSA) is 78.9 Å². The van der Waals surface area contributed by atoms with Gasteiger partial charge < -0.3 is 14.2 Å². The molecule has 0 aliphatic carbocycles. The summed E-state index contributed by atoms with van der Waals surface area (Å²) in [5.74, 6) is -0.889. The quantitative estimate of drug-likeness (QED) is 0.0262. The first-order valence-electron chi connectivity index (χ1n) is 29.1. The number of esters is 3. The van der Waals surface area contributed by atoms with Crippen molar-refractivity contribution in [2.24, 2.45) is 0 Å². The summed E-state index contributed by atoms with van der Waals surface area (Å²) in [7, 11) is 0. The summed E-state index contributed by atoms with van der Waals surface area (Å²) < 4.78 is 16.9. The van der Waals surface area contributed by atoms with E-state index in [1.54, 1.807) is 0 Å². The van der Waals surface area contributed by atoms with Crippen LogP contribution in [0.5, 0.6) is 0 Å². The van der Waals surface area contributed by atoms with Crippen LogP contribution in [0.3, 0.4) is 0 Å². The van der Waals surface area contributed by atoms with Crippen LogP contribution in [0, 0.1) is 0 Å². The highest BCUT2D eigenvalue weighted by atomic mass is 16.6. The van der Waals surface area contributed by atoms with Gasteiger partial charge in [-0.25, -0.2) is 0 Å². The summed E-state index contributed by atoms with van der Waals surface area (Å²) in [6, 6.07) is 0. The molecule has 0 aliphatic rings. The number of hydrogen-bond donors (Lipinski definition) is 0. The monoisotopic (exact) mass is 939 g/mol. The van der Waals surface area contributed by atoms with E-state index in [4.69, 9.17) is 14.2 Å². The zero-order valence-electron chi connectivity index (χ0n) is 44.7. The van der Waals surface area contributed by atoms with E-state index in [0.29, 0.717) is 19.3 Å². The number of rotatable bonds is 53. The van der Waals surface area contributed by atoms with Crippen LogP contribution < -0.4 is 0 Å². The molecule has 0 fully saturated rings. The molecule has 0 spiro atoms. The molecule has 0 unspecified atom stereocenters. The van der Waals surface area contributed by atoms with Crippen LogP contribution in [0.1, 0.15) is 303 Å². The van der Waals surface area contributed by atoms with Crippen LogP contribution in [-0.4, -0.2) is 37.2 Å². The van der Waals surface area contributed by atoms with Crippen LogP contribution in [0.2, 0.25) is 0 Å². The minimum atomic E-state index is -0.782. The Bertz CT molecular complexity index is 1170. The van der Waals surface area contributed by atoms with Gasteiger partial charge in [0.2, 0.25) is 0 Å². The predicted octanol–water partition coefficient (Wildman–Crippen LogP) is 19.4. The second-order valence-corrected chi connectivity index (χ2v) is 19.5. The first kappa shape index (κ1) is 64.4. The van der Waals surface area contributed by atoms with Crippen molar-refractivity contribution in [3.63, 3.8) is 0 Å². The summed E-state index contributed by atoms with van der Waals surface area (Å²) in [6.45, 7) is 6.54. The zero-order valence-corrected chi connectivity index (χ0v) is 44.7. The lowest BCUT2D eigenvalue weighted by atomic mass is 10.0. The number of carbonyl (C=O) groups excluding carboxylic acids is 3. The highest BCUT2D eigenvalue weighted by molar-refractivity contribution is 5.71. The molecule has 0 amide bonds. The van der Waals surface area contributed by atoms with Crippen LogP contribution >= 0.6 is 0 Å². The SMILES string of the molecule is CC/C=C\C/C=C\C/C=C\CCCCCCCC(=O)OC[C@H](COC(=O)CCCCCCCCCCCCCCCCCCCC)OC(=O)CCCCCCC/C=C\CCCCCCCCC. The lowest BCUT2D eigenvalue weighted by molar-refractivity contribution is -0.167. The van der Waals surface area contributed by atoms with Crippen molar-refractivity contribution in [1.82, 2.24) is 0 Å². The van der Waals surface area contributed by atoms with Gasteiger partial charge in [-0.1, -0.05) is 256 Å². The van der Waals surface area contributed by atoms with E-state index < -0.39 is 6.10 Å². The summed E-state index contributed by atoms with van der Waals surface area (Å²) in [5.41, 5.74) is 0. The Kier molecular flexibility index (Phi) is 53.8. The molecule has 0 aromatic carbocycles. The summed E-state index contributed by atoms with van der Waals surface area (Å²) >= 11 is 0. The summed E-state index contributed by atoms with van der Waals surface area (Å²) in [6.07, 6.45) is 68.2. The van der Waals surface area contributed by atoms with Gasteiger partial charge >= 0.3 is 17.9 Å². The molecule has 0 bridgehead atoms. The lowest BCUT2D eigenvalue weighted by Gasteiger charge is -2.18. The molecule has 67 heavy (non-hydrogen) atoms. The van der Waals surface area contributed by atoms with Gasteiger partial charge in [0, 0.05) is 19.3 Å². The van der Waals surface area contributed by atoms with Gasteiger partial charge in [0.05, 0.1) is 0 Å². The molecule has 6 heteroatoms. The van der Waals surface area contributed by atoms with Crippen LogP contribution in [-0.2, 0) is 28.6 Å². The van der Waals surface area contributed by atoms with Crippen LogP contribution in [0.15, 0.2) is 48.6 Å². The number of allylic oxidation sites excluding steroid dienone is 8. The van der Waals surface area contributed by atoms with Gasteiger partial charge in [-0.15, -0.1) is 0 Å². The van der Waals surface area contributed by atoms with Gasteiger partial charge in [-0.3, -0.25) is 14.4 Å². The highest BCUT2D eigenvalue weighted by Gasteiger charge is 2.19. The molecule has 0 radical (unpaired) electrons. The van der Waals surface area contributed by atoms with Crippen molar-refractivity contribution in [3.05, 3.63) is 48.6 Å². The second-order valence-electron chi connectivity index (χ2n) is 19.5. The maximum atomic E-state index is 12.9. The highest BCUT2D eigenvalue weighted by Crippen LogP contribution is 2.16. The first-order valence-corrected chi connectivity index (χ1v) is 29.1. The van der Waals surface area contributed by atoms with Crippen molar-refractivity contribution in [2.75, 3.05) is 13.2 Å². The molecule has 0 N–H and O–H groups in total. The Morgan fingerprint density at radius 3 is 0.925 bits per heavy atom. The Hall–Kier alpha value is -2.63. The third kappa shape index (κ3) is 54.2. The van der Waals surface area contributed by atoms with Gasteiger partial charge in [0.1, 0.15) is 13.2 Å². The third-order valence-electron chi connectivity index (χ3n) is 12.8. The van der Waals surface area contributed by atoms with E-state index >= 15 is 0 Å². The zero-order chi connectivity index (χ0) is 48.6. The van der Waals surface area contributed by atoms with Gasteiger partial charge in [-0.05, 0) is 77.0 Å². The maximum absolute atomic E-state index is 12.9. The van der Waals surface area contributed by atoms with E-state index in [-0.39, 0.29) is 31.1 Å². The number of hydrogen-bond acceptors (Lipinski definition) is 6. The second kappa shape index (κ2) is 56.0. The average molecular weight is 940 g/mol. The molecular formula is C61H110O6. The average Bonchev–Trinajstić information content (AvgIpc) is 3.33. The number of ether oxygens (including phenoxy) is 3. The molecule has 0 rings (SSSR count). The van der Waals surface area contributed by atoms with Crippen LogP contribution in [0.25, 0.3) is 0 Å². The van der Waals surface area contributed by atoms with Crippen molar-refractivity contribution in [3.8, 4) is 0 Å². The van der Waals surface area contributed by atoms with Crippen molar-refractivity contribution in [2.45, 2.75) is 309 Å². The molecule has 0 aliphatic heterocycles. The summed E-state index contributed by atoms with van der Waals surface area (Å²) in [5, 5.41) is 0. The van der Waals surface area contributed by atoms with E-state index in [2.05, 4.69) is 69.4 Å². The van der Waals surface area contributed by atoms with Crippen molar-refractivity contribution >= 4 is 17.9 Å². The normalized spacial score (nSPS) is 12.3. The van der Waals surface area contributed by atoms with E-state index in [0.717, 1.165) is 109 Å². The molecule has 0 aromatic rings. The van der Waals surface area contributed by atoms with Crippen molar-refractivity contribution < 1.29 is 28.6 Å². The van der Waals surface area contributed by atoms with E-state index in [1.807, 2.05) is 0 Å². The third-order valence-corrected chi connectivity index (χ3v) is 12.8. The lowest BCUT2D eigenvalue weighted by Crippen LogP contribution is -2.30. The summed E-state index contributed by atoms with van der Waals surface area (Å²) in [4.78, 5) is 38.2. The minimum Gasteiger partial charge on any atom is -0.462 e. The standard InChI is InChI=1S/C61H110O6/c1-4-7-10-13-16-19-22-25-28-30-31-34-36-39-42-45-48-51-54-60(63)66-57-58(56-65-59(62)53-50-47-44-41-38-35-32-27-24-21-18-15-12-9-6-3)67-61(64)55-52-49-46-43-40-37-33-29-26-23-20-17-14-11-8-5-2/h9,12,18,21,27,29,32-33,58H,4-8,10-11,13-17,19-20,22-26,28,30-31,34-57H2,1-3H3/b12-9-,21-18-,32-27-,33-29-/t58-/m1/s1. The van der Waals surface area contributed by atoms with E-state index in [9.17, 15) is 14.4 Å². The van der Waals surface area contributed by atoms with Crippen molar-refractivity contribution in [1.29, 1.82) is 0 Å². The Labute approximate surface area is 416 Å². The fourth-order valence-electron chi connectivity index (χ4n) is 8.45. The smallest absolute Gasteiger partial charge is 0.306 e. The Morgan fingerprint density at radius 1 is 0.313 bits per heavy atom. The van der Waals surface area contributed by atoms with Gasteiger partial charge in [-0.2, -0.15) is 0 Å². The molecule has 390 valence electrons. The molecule has 1 atom stereocenters. The first-order chi connectivity index (χ1) is 33.0. The predicted molar refractivity (Wildman–Crippen MR) is 289 cm³/mol. The molecule has 0 aromatic heterocycles. The Morgan fingerprint density at radius 2 is 0.582 bits per heavy atom. The molecule has 0 heterocycles. The molecule has 0 saturated carbocycles. The number of unbranched alkanes of at least 4 members (excludes halogenated alkanes) is 34. The van der Waals surface area contributed by atoms with Crippen LogP contribution in [0.4, 0.5) is 0 Å². The fraction of sp³-hybridized carbons (Fsp3) is 0.820. The Balaban J connectivity index is 4.37. The largest absolute Gasteiger partial charge is 0.462 e. The molecule has 6 nitrogen and oxygen atoms in total. The fourth-order valence-corrected chi connectivity index (χ4v) is 8.45. The minimum absolute atomic E-state index is 0.0790. The van der Waals surface area contributed by atoms with E-state index in [1.165, 1.54) is 154 Å². The molecular weight excluding hydrogens is 829 g/mol. The van der Waals surface area contributed by atoms with Gasteiger partial charge in [0.25, 0.3) is 0 Å².